The lowest BCUT2D eigenvalue weighted by Gasteiger charge is -2.29. The molecule has 0 radical (unpaired) electrons. The van der Waals surface area contributed by atoms with E-state index in [1.165, 1.54) is 11.3 Å². The van der Waals surface area contributed by atoms with Crippen molar-refractivity contribution in [3.05, 3.63) is 42.6 Å². The zero-order valence-electron chi connectivity index (χ0n) is 14.6. The van der Waals surface area contributed by atoms with Gasteiger partial charge in [-0.1, -0.05) is 12.1 Å². The number of piperidine rings is 1. The fourth-order valence-corrected chi connectivity index (χ4v) is 3.74. The minimum Gasteiger partial charge on any atom is -0.472 e. The van der Waals surface area contributed by atoms with Crippen LogP contribution in [0.2, 0.25) is 0 Å². The van der Waals surface area contributed by atoms with Crippen LogP contribution in [0.5, 0.6) is 5.88 Å². The fourth-order valence-electron chi connectivity index (χ4n) is 3.28. The molecule has 1 unspecified atom stereocenters. The Morgan fingerprint density at radius 3 is 3.00 bits per heavy atom. The van der Waals surface area contributed by atoms with Crippen LogP contribution in [0.4, 0.5) is 0 Å². The maximum absolute atomic E-state index is 6.13. The largest absolute Gasteiger partial charge is 0.472 e. The van der Waals surface area contributed by atoms with Crippen LogP contribution < -0.4 is 4.74 Å². The van der Waals surface area contributed by atoms with Crippen LogP contribution in [0.1, 0.15) is 12.8 Å². The zero-order valence-corrected chi connectivity index (χ0v) is 15.4. The van der Waals surface area contributed by atoms with Gasteiger partial charge in [0.05, 0.1) is 11.9 Å². The van der Waals surface area contributed by atoms with Crippen molar-refractivity contribution >= 4 is 17.4 Å². The Bertz CT molecular complexity index is 879. The third-order valence-electron chi connectivity index (χ3n) is 4.57. The van der Waals surface area contributed by atoms with Gasteiger partial charge in [0, 0.05) is 23.1 Å². The molecule has 0 N–H and O–H groups in total. The van der Waals surface area contributed by atoms with E-state index in [1.807, 2.05) is 22.8 Å². The first kappa shape index (κ1) is 16.4. The number of likely N-dealkylation sites (tertiary alicyclic amines) is 1. The van der Waals surface area contributed by atoms with Crippen LogP contribution in [0.25, 0.3) is 16.9 Å². The van der Waals surface area contributed by atoms with E-state index in [-0.39, 0.29) is 6.10 Å². The SMILES string of the molecule is CSc1cccc(-c2cnc3ccc(OC4CCCN(C)C4)nn23)c1. The fraction of sp³-hybridized carbons (Fsp3) is 0.368. The average Bonchev–Trinajstić information content (AvgIpc) is 3.05. The summed E-state index contributed by atoms with van der Waals surface area (Å²) in [5.41, 5.74) is 2.93. The van der Waals surface area contributed by atoms with E-state index in [0.29, 0.717) is 5.88 Å². The molecule has 0 saturated carbocycles. The number of aromatic nitrogens is 3. The maximum Gasteiger partial charge on any atom is 0.232 e. The Hall–Kier alpha value is -2.05. The van der Waals surface area contributed by atoms with Gasteiger partial charge >= 0.3 is 0 Å². The highest BCUT2D eigenvalue weighted by atomic mass is 32.2. The highest BCUT2D eigenvalue weighted by Gasteiger charge is 2.19. The van der Waals surface area contributed by atoms with E-state index in [9.17, 15) is 0 Å². The van der Waals surface area contributed by atoms with E-state index in [2.05, 4.69) is 47.5 Å². The number of thioether (sulfide) groups is 1. The van der Waals surface area contributed by atoms with Crippen LogP contribution in [-0.2, 0) is 0 Å². The molecule has 130 valence electrons. The third-order valence-corrected chi connectivity index (χ3v) is 5.30. The molecule has 6 heteroatoms. The number of fused-ring (bicyclic) bond motifs is 1. The molecule has 1 saturated heterocycles. The predicted octanol–water partition coefficient (Wildman–Crippen LogP) is 3.59. The standard InChI is InChI=1S/C19H22N4OS/c1-22-10-4-6-15(13-22)24-19-9-8-18-20-12-17(23(18)21-19)14-5-3-7-16(11-14)25-2/h3,5,7-9,11-12,15H,4,6,10,13H2,1-2H3. The summed E-state index contributed by atoms with van der Waals surface area (Å²) in [6.07, 6.45) is 6.41. The molecule has 1 aliphatic rings. The van der Waals surface area contributed by atoms with Crippen molar-refractivity contribution in [1.82, 2.24) is 19.5 Å². The van der Waals surface area contributed by atoms with Gasteiger partial charge in [0.2, 0.25) is 5.88 Å². The number of likely N-dealkylation sites (N-methyl/N-ethyl adjacent to an activating group) is 1. The Morgan fingerprint density at radius 1 is 1.24 bits per heavy atom. The van der Waals surface area contributed by atoms with Gasteiger partial charge in [-0.2, -0.15) is 0 Å². The van der Waals surface area contributed by atoms with Gasteiger partial charge in [0.1, 0.15) is 6.10 Å². The van der Waals surface area contributed by atoms with Gasteiger partial charge in [-0.15, -0.1) is 16.9 Å². The summed E-state index contributed by atoms with van der Waals surface area (Å²) in [6, 6.07) is 12.3. The molecule has 1 atom stereocenters. The lowest BCUT2D eigenvalue weighted by molar-refractivity contribution is 0.0988. The summed E-state index contributed by atoms with van der Waals surface area (Å²) in [4.78, 5) is 8.02. The number of nitrogens with zero attached hydrogens (tertiary/aromatic N) is 4. The molecular weight excluding hydrogens is 332 g/mol. The van der Waals surface area contributed by atoms with Gasteiger partial charge in [-0.3, -0.25) is 0 Å². The lowest BCUT2D eigenvalue weighted by Crippen LogP contribution is -2.38. The molecule has 0 bridgehead atoms. The minimum absolute atomic E-state index is 0.204. The van der Waals surface area contributed by atoms with Crippen LogP contribution in [0, 0.1) is 0 Å². The van der Waals surface area contributed by atoms with Crippen molar-refractivity contribution in [2.45, 2.75) is 23.8 Å². The van der Waals surface area contributed by atoms with E-state index in [4.69, 9.17) is 9.84 Å². The first-order valence-electron chi connectivity index (χ1n) is 8.57. The van der Waals surface area contributed by atoms with Crippen LogP contribution in [-0.4, -0.2) is 52.0 Å². The van der Waals surface area contributed by atoms with E-state index in [1.54, 1.807) is 11.8 Å². The molecule has 1 aliphatic heterocycles. The first-order chi connectivity index (χ1) is 12.2. The number of hydrogen-bond acceptors (Lipinski definition) is 5. The Kier molecular flexibility index (Phi) is 4.63. The molecule has 4 rings (SSSR count). The molecule has 1 aromatic carbocycles. The summed E-state index contributed by atoms with van der Waals surface area (Å²) in [5.74, 6) is 0.660. The third kappa shape index (κ3) is 3.50. The second-order valence-corrected chi connectivity index (χ2v) is 7.34. The number of imidazole rings is 1. The van der Waals surface area contributed by atoms with Gasteiger partial charge in [0.15, 0.2) is 5.65 Å². The van der Waals surface area contributed by atoms with Gasteiger partial charge in [-0.05, 0) is 50.9 Å². The molecule has 5 nitrogen and oxygen atoms in total. The number of hydrogen-bond donors (Lipinski definition) is 0. The van der Waals surface area contributed by atoms with Crippen LogP contribution >= 0.6 is 11.8 Å². The van der Waals surface area contributed by atoms with Crippen molar-refractivity contribution < 1.29 is 4.74 Å². The number of benzene rings is 1. The number of ether oxygens (including phenoxy) is 1. The summed E-state index contributed by atoms with van der Waals surface area (Å²) in [7, 11) is 2.14. The molecule has 0 aliphatic carbocycles. The molecule has 25 heavy (non-hydrogen) atoms. The summed E-state index contributed by atoms with van der Waals surface area (Å²) >= 11 is 1.73. The minimum atomic E-state index is 0.204. The second kappa shape index (κ2) is 7.06. The van der Waals surface area contributed by atoms with Gasteiger partial charge in [-0.25, -0.2) is 9.50 Å². The van der Waals surface area contributed by atoms with Crippen molar-refractivity contribution in [3.63, 3.8) is 0 Å². The molecule has 0 amide bonds. The average molecular weight is 354 g/mol. The maximum atomic E-state index is 6.13. The molecule has 3 heterocycles. The van der Waals surface area contributed by atoms with E-state index < -0.39 is 0 Å². The molecule has 2 aromatic heterocycles. The topological polar surface area (TPSA) is 42.7 Å². The quantitative estimate of drug-likeness (QED) is 0.670. The normalized spacial score (nSPS) is 18.6. The molecular formula is C19H22N4OS. The first-order valence-corrected chi connectivity index (χ1v) is 9.80. The Balaban J connectivity index is 1.65. The van der Waals surface area contributed by atoms with Crippen molar-refractivity contribution in [3.8, 4) is 17.1 Å². The van der Waals surface area contributed by atoms with E-state index >= 15 is 0 Å². The highest BCUT2D eigenvalue weighted by molar-refractivity contribution is 7.98. The predicted molar refractivity (Wildman–Crippen MR) is 101 cm³/mol. The van der Waals surface area contributed by atoms with Crippen molar-refractivity contribution in [2.75, 3.05) is 26.4 Å². The smallest absolute Gasteiger partial charge is 0.232 e. The second-order valence-electron chi connectivity index (χ2n) is 6.46. The monoisotopic (exact) mass is 354 g/mol. The van der Waals surface area contributed by atoms with Crippen LogP contribution in [0.3, 0.4) is 0 Å². The van der Waals surface area contributed by atoms with Crippen molar-refractivity contribution in [2.24, 2.45) is 0 Å². The van der Waals surface area contributed by atoms with E-state index in [0.717, 1.165) is 36.4 Å². The molecule has 3 aromatic rings. The molecule has 0 spiro atoms. The zero-order chi connectivity index (χ0) is 17.2. The summed E-state index contributed by atoms with van der Waals surface area (Å²) < 4.78 is 8.01. The highest BCUT2D eigenvalue weighted by Crippen LogP contribution is 2.26. The van der Waals surface area contributed by atoms with Crippen LogP contribution in [0.15, 0.2) is 47.5 Å². The van der Waals surface area contributed by atoms with Gasteiger partial charge in [0.25, 0.3) is 0 Å². The molecule has 1 fully saturated rings. The van der Waals surface area contributed by atoms with Gasteiger partial charge < -0.3 is 9.64 Å². The van der Waals surface area contributed by atoms with Crippen molar-refractivity contribution in [1.29, 1.82) is 0 Å². The summed E-state index contributed by atoms with van der Waals surface area (Å²) in [6.45, 7) is 2.09. The Morgan fingerprint density at radius 2 is 2.16 bits per heavy atom. The Labute approximate surface area is 152 Å². The lowest BCUT2D eigenvalue weighted by atomic mass is 10.1. The summed E-state index contributed by atoms with van der Waals surface area (Å²) in [5, 5.41) is 4.69. The number of rotatable bonds is 4.